The van der Waals surface area contributed by atoms with Crippen molar-refractivity contribution in [1.82, 2.24) is 9.97 Å². The number of pyridine rings is 2. The summed E-state index contributed by atoms with van der Waals surface area (Å²) in [6.07, 6.45) is 4.83. The summed E-state index contributed by atoms with van der Waals surface area (Å²) in [5.74, 6) is 0.493. The van der Waals surface area contributed by atoms with Crippen LogP contribution in [-0.2, 0) is 4.79 Å². The Balaban J connectivity index is 2.07. The summed E-state index contributed by atoms with van der Waals surface area (Å²) in [6, 6.07) is 1.65. The highest BCUT2D eigenvalue weighted by atomic mass is 16.2. The van der Waals surface area contributed by atoms with Crippen molar-refractivity contribution in [2.75, 3.05) is 17.7 Å². The number of nitrogens with two attached hydrogens (primary N) is 1. The normalized spacial score (nSPS) is 14.0. The van der Waals surface area contributed by atoms with Crippen molar-refractivity contribution < 1.29 is 9.59 Å². The van der Waals surface area contributed by atoms with E-state index in [-0.39, 0.29) is 11.8 Å². The van der Waals surface area contributed by atoms with Gasteiger partial charge in [-0.05, 0) is 18.9 Å². The lowest BCUT2D eigenvalue weighted by atomic mass is 10.1. The monoisotopic (exact) mass is 285 g/mol. The van der Waals surface area contributed by atoms with Crippen molar-refractivity contribution in [1.29, 1.82) is 0 Å². The highest BCUT2D eigenvalue weighted by Crippen LogP contribution is 2.31. The molecular weight excluding hydrogens is 270 g/mol. The first-order chi connectivity index (χ1) is 10.1. The van der Waals surface area contributed by atoms with Gasteiger partial charge in [-0.25, -0.2) is 9.97 Å². The van der Waals surface area contributed by atoms with E-state index in [0.29, 0.717) is 28.0 Å². The second-order valence-corrected chi connectivity index (χ2v) is 5.01. The predicted molar refractivity (Wildman–Crippen MR) is 79.0 cm³/mol. The number of nitrogens with zero attached hydrogens (tertiary/aromatic N) is 2. The van der Waals surface area contributed by atoms with Gasteiger partial charge < -0.3 is 16.4 Å². The van der Waals surface area contributed by atoms with Gasteiger partial charge in [0.2, 0.25) is 5.91 Å². The molecule has 21 heavy (non-hydrogen) atoms. The maximum absolute atomic E-state index is 11.8. The van der Waals surface area contributed by atoms with E-state index < -0.39 is 5.91 Å². The summed E-state index contributed by atoms with van der Waals surface area (Å²) < 4.78 is 0. The van der Waals surface area contributed by atoms with Crippen LogP contribution in [0, 0.1) is 5.92 Å². The number of carbonyl (C=O) groups excluding carboxylic acids is 2. The van der Waals surface area contributed by atoms with Crippen molar-refractivity contribution in [3.05, 3.63) is 24.0 Å². The van der Waals surface area contributed by atoms with E-state index >= 15 is 0 Å². The summed E-state index contributed by atoms with van der Waals surface area (Å²) in [5.41, 5.74) is 5.67. The molecule has 4 N–H and O–H groups in total. The first-order valence-electron chi connectivity index (χ1n) is 6.67. The number of primary amides is 1. The van der Waals surface area contributed by atoms with Gasteiger partial charge >= 0.3 is 0 Å². The molecular formula is C14H15N5O2. The second kappa shape index (κ2) is 5.01. The van der Waals surface area contributed by atoms with Crippen LogP contribution in [-0.4, -0.2) is 28.8 Å². The summed E-state index contributed by atoms with van der Waals surface area (Å²) in [7, 11) is 1.73. The molecule has 3 rings (SSSR count). The van der Waals surface area contributed by atoms with Crippen LogP contribution in [0.15, 0.2) is 18.5 Å². The molecule has 0 atom stereocenters. The van der Waals surface area contributed by atoms with Gasteiger partial charge in [-0.15, -0.1) is 0 Å². The van der Waals surface area contributed by atoms with Crippen LogP contribution < -0.4 is 16.4 Å². The Kier molecular flexibility index (Phi) is 3.17. The number of carbonyl (C=O) groups is 2. The zero-order valence-corrected chi connectivity index (χ0v) is 11.5. The molecule has 1 fully saturated rings. The van der Waals surface area contributed by atoms with E-state index in [1.165, 1.54) is 6.20 Å². The molecule has 1 saturated carbocycles. The summed E-state index contributed by atoms with van der Waals surface area (Å²) in [5, 5.41) is 6.98. The molecule has 2 aromatic heterocycles. The van der Waals surface area contributed by atoms with Crippen LogP contribution in [0.4, 0.5) is 11.6 Å². The van der Waals surface area contributed by atoms with Gasteiger partial charge in [0.05, 0.1) is 5.56 Å². The fourth-order valence-electron chi connectivity index (χ4n) is 2.17. The van der Waals surface area contributed by atoms with Gasteiger partial charge in [-0.2, -0.15) is 0 Å². The molecule has 0 radical (unpaired) electrons. The fourth-order valence-corrected chi connectivity index (χ4v) is 2.17. The third-order valence-corrected chi connectivity index (χ3v) is 3.47. The van der Waals surface area contributed by atoms with Crippen molar-refractivity contribution in [2.45, 2.75) is 12.8 Å². The number of hydrogen-bond acceptors (Lipinski definition) is 5. The Morgan fingerprint density at radius 3 is 2.62 bits per heavy atom. The number of anilines is 2. The molecule has 0 bridgehead atoms. The second-order valence-electron chi connectivity index (χ2n) is 5.01. The first kappa shape index (κ1) is 13.3. The molecule has 0 aliphatic heterocycles. The van der Waals surface area contributed by atoms with Gasteiger partial charge in [-0.1, -0.05) is 0 Å². The van der Waals surface area contributed by atoms with E-state index in [1.54, 1.807) is 19.3 Å². The van der Waals surface area contributed by atoms with E-state index in [1.807, 2.05) is 0 Å². The average Bonchev–Trinajstić information content (AvgIpc) is 3.30. The molecule has 0 saturated heterocycles. The minimum Gasteiger partial charge on any atom is -0.373 e. The molecule has 1 aliphatic rings. The van der Waals surface area contributed by atoms with Gasteiger partial charge in [0, 0.05) is 36.1 Å². The minimum atomic E-state index is -0.569. The molecule has 1 aliphatic carbocycles. The Morgan fingerprint density at radius 2 is 2.00 bits per heavy atom. The van der Waals surface area contributed by atoms with Gasteiger partial charge in [-0.3, -0.25) is 9.59 Å². The number of fused-ring (bicyclic) bond motifs is 1. The molecule has 0 aromatic carbocycles. The highest BCUT2D eigenvalue weighted by molar-refractivity contribution is 6.09. The summed E-state index contributed by atoms with van der Waals surface area (Å²) in [4.78, 5) is 31.6. The molecule has 108 valence electrons. The Hall–Kier alpha value is -2.70. The van der Waals surface area contributed by atoms with E-state index in [9.17, 15) is 9.59 Å². The third-order valence-electron chi connectivity index (χ3n) is 3.47. The van der Waals surface area contributed by atoms with E-state index in [4.69, 9.17) is 5.73 Å². The first-order valence-corrected chi connectivity index (χ1v) is 6.67. The standard InChI is InChI=1S/C14H15N5O2/c1-16-13-10-6-17-11(19-14(21)7-2-3-7)4-8(10)9(5-18-13)12(15)20/h4-7H,2-3H2,1H3,(H2,15,20)(H,16,18)(H,17,19,21). The number of rotatable bonds is 4. The van der Waals surface area contributed by atoms with Crippen LogP contribution in [0.25, 0.3) is 10.8 Å². The van der Waals surface area contributed by atoms with Crippen LogP contribution in [0.2, 0.25) is 0 Å². The lowest BCUT2D eigenvalue weighted by molar-refractivity contribution is -0.117. The Morgan fingerprint density at radius 1 is 1.24 bits per heavy atom. The summed E-state index contributed by atoms with van der Waals surface area (Å²) >= 11 is 0. The van der Waals surface area contributed by atoms with Gasteiger partial charge in [0.25, 0.3) is 5.91 Å². The van der Waals surface area contributed by atoms with Crippen LogP contribution in [0.1, 0.15) is 23.2 Å². The molecule has 0 spiro atoms. The van der Waals surface area contributed by atoms with Gasteiger partial charge in [0.1, 0.15) is 11.6 Å². The van der Waals surface area contributed by atoms with Gasteiger partial charge in [0.15, 0.2) is 0 Å². The zero-order valence-electron chi connectivity index (χ0n) is 11.5. The van der Waals surface area contributed by atoms with Crippen molar-refractivity contribution in [2.24, 2.45) is 11.7 Å². The highest BCUT2D eigenvalue weighted by Gasteiger charge is 2.29. The summed E-state index contributed by atoms with van der Waals surface area (Å²) in [6.45, 7) is 0. The molecule has 2 amide bonds. The fraction of sp³-hybridized carbons (Fsp3) is 0.286. The lowest BCUT2D eigenvalue weighted by Gasteiger charge is -2.10. The van der Waals surface area contributed by atoms with Crippen LogP contribution >= 0.6 is 0 Å². The van der Waals surface area contributed by atoms with E-state index in [2.05, 4.69) is 20.6 Å². The maximum Gasteiger partial charge on any atom is 0.250 e. The lowest BCUT2D eigenvalue weighted by Crippen LogP contribution is -2.15. The average molecular weight is 285 g/mol. The number of nitrogens with one attached hydrogen (secondary N) is 2. The van der Waals surface area contributed by atoms with Crippen molar-refractivity contribution in [3.63, 3.8) is 0 Å². The molecule has 7 nitrogen and oxygen atoms in total. The predicted octanol–water partition coefficient (Wildman–Crippen LogP) is 1.12. The van der Waals surface area contributed by atoms with Crippen molar-refractivity contribution >= 4 is 34.2 Å². The SMILES string of the molecule is CNc1ncc(C(N)=O)c2cc(NC(=O)C3CC3)ncc12. The molecule has 2 heterocycles. The smallest absolute Gasteiger partial charge is 0.250 e. The number of hydrogen-bond donors (Lipinski definition) is 3. The molecule has 7 heteroatoms. The largest absolute Gasteiger partial charge is 0.373 e. The Bertz CT molecular complexity index is 739. The quantitative estimate of drug-likeness (QED) is 0.779. The van der Waals surface area contributed by atoms with Crippen LogP contribution in [0.5, 0.6) is 0 Å². The van der Waals surface area contributed by atoms with Crippen molar-refractivity contribution in [3.8, 4) is 0 Å². The topological polar surface area (TPSA) is 110 Å². The number of aromatic nitrogens is 2. The third kappa shape index (κ3) is 2.49. The van der Waals surface area contributed by atoms with E-state index in [0.717, 1.165) is 12.8 Å². The minimum absolute atomic E-state index is 0.0367. The zero-order chi connectivity index (χ0) is 15.0. The Labute approximate surface area is 120 Å². The number of amides is 2. The van der Waals surface area contributed by atoms with Crippen LogP contribution in [0.3, 0.4) is 0 Å². The molecule has 2 aromatic rings. The maximum atomic E-state index is 11.8. The molecule has 0 unspecified atom stereocenters.